The van der Waals surface area contributed by atoms with E-state index in [2.05, 4.69) is 23.1 Å². The maximum Gasteiger partial charge on any atom is -0.0254 e. The van der Waals surface area contributed by atoms with E-state index in [1.165, 1.54) is 19.3 Å². The molecular weight excluding hydrogens is 127 g/mol. The summed E-state index contributed by atoms with van der Waals surface area (Å²) in [4.78, 5) is 0. The summed E-state index contributed by atoms with van der Waals surface area (Å²) in [5, 5.41) is 1.55. The number of hydrogen-bond acceptors (Lipinski definition) is 0. The predicted octanol–water partition coefficient (Wildman–Crippen LogP) is 2.96. The van der Waals surface area contributed by atoms with Crippen molar-refractivity contribution in [1.29, 1.82) is 0 Å². The van der Waals surface area contributed by atoms with Crippen molar-refractivity contribution in [1.82, 2.24) is 0 Å². The fourth-order valence-electron chi connectivity index (χ4n) is 1.28. The Balaban J connectivity index is 2.61. The summed E-state index contributed by atoms with van der Waals surface area (Å²) in [6.07, 6.45) is 4.01. The normalized spacial score (nSPS) is 29.0. The molecule has 1 aliphatic rings. The second-order valence-electron chi connectivity index (χ2n) is 3.15. The van der Waals surface area contributed by atoms with Crippen molar-refractivity contribution in [2.24, 2.45) is 5.92 Å². The van der Waals surface area contributed by atoms with Crippen LogP contribution in [0.3, 0.4) is 0 Å². The van der Waals surface area contributed by atoms with E-state index >= 15 is 0 Å². The van der Waals surface area contributed by atoms with E-state index in [1.54, 1.807) is 10.9 Å². The highest BCUT2D eigenvalue weighted by Gasteiger charge is 2.11. The lowest BCUT2D eigenvalue weighted by molar-refractivity contribution is 0.509. The molecule has 0 amide bonds. The summed E-state index contributed by atoms with van der Waals surface area (Å²) in [6, 6.07) is 0. The fraction of sp³-hybridized carbons (Fsp3) is 0.750. The van der Waals surface area contributed by atoms with Gasteiger partial charge in [-0.1, -0.05) is 17.8 Å². The van der Waals surface area contributed by atoms with Gasteiger partial charge in [0.2, 0.25) is 0 Å². The summed E-state index contributed by atoms with van der Waals surface area (Å²) in [7, 11) is 2.85. The Morgan fingerprint density at radius 2 is 2.22 bits per heavy atom. The molecule has 52 valence electrons. The Hall–Kier alpha value is 0.170. The van der Waals surface area contributed by atoms with Crippen LogP contribution in [0, 0.1) is 5.92 Å². The van der Waals surface area contributed by atoms with Gasteiger partial charge in [-0.3, -0.25) is 0 Å². The van der Waals surface area contributed by atoms with E-state index in [1.807, 2.05) is 0 Å². The van der Waals surface area contributed by atoms with Gasteiger partial charge in [-0.2, -0.15) is 0 Å². The van der Waals surface area contributed by atoms with Gasteiger partial charge in [-0.05, 0) is 32.1 Å². The van der Waals surface area contributed by atoms with Gasteiger partial charge in [0.1, 0.15) is 0 Å². The summed E-state index contributed by atoms with van der Waals surface area (Å²) in [6.45, 7) is 4.57. The van der Waals surface area contributed by atoms with Gasteiger partial charge < -0.3 is 0 Å². The van der Waals surface area contributed by atoms with Gasteiger partial charge in [0, 0.05) is 0 Å². The standard InChI is InChI=1S/C8H15P/c1-6-3-4-7(2)8(9)5-6/h6H,3-5,9H2,1-2H3. The second kappa shape index (κ2) is 2.84. The predicted molar refractivity (Wildman–Crippen MR) is 45.4 cm³/mol. The second-order valence-corrected chi connectivity index (χ2v) is 3.85. The molecular formula is C8H15P. The molecule has 0 bridgehead atoms. The first-order valence-corrected chi connectivity index (χ1v) is 4.22. The molecule has 0 aliphatic heterocycles. The van der Waals surface area contributed by atoms with Crippen LogP contribution >= 0.6 is 9.24 Å². The lowest BCUT2D eigenvalue weighted by atomic mass is 9.92. The molecule has 0 saturated carbocycles. The van der Waals surface area contributed by atoms with Crippen molar-refractivity contribution in [2.45, 2.75) is 33.1 Å². The van der Waals surface area contributed by atoms with Crippen LogP contribution in [0.25, 0.3) is 0 Å². The largest absolute Gasteiger partial charge is 0.110 e. The molecule has 0 heterocycles. The number of allylic oxidation sites excluding steroid dienone is 2. The van der Waals surface area contributed by atoms with Crippen molar-refractivity contribution in [3.63, 3.8) is 0 Å². The zero-order valence-corrected chi connectivity index (χ0v) is 7.43. The van der Waals surface area contributed by atoms with Crippen LogP contribution in [0.1, 0.15) is 33.1 Å². The van der Waals surface area contributed by atoms with Crippen LogP contribution < -0.4 is 0 Å². The van der Waals surface area contributed by atoms with E-state index in [0.29, 0.717) is 0 Å². The Labute approximate surface area is 59.9 Å². The molecule has 0 spiro atoms. The fourth-order valence-corrected chi connectivity index (χ4v) is 1.82. The van der Waals surface area contributed by atoms with E-state index in [-0.39, 0.29) is 0 Å². The minimum absolute atomic E-state index is 0.918. The van der Waals surface area contributed by atoms with Crippen LogP contribution in [0.2, 0.25) is 0 Å². The Bertz CT molecular complexity index is 136. The van der Waals surface area contributed by atoms with Crippen LogP contribution in [0.4, 0.5) is 0 Å². The molecule has 0 nitrogen and oxygen atoms in total. The highest BCUT2D eigenvalue weighted by Crippen LogP contribution is 2.31. The molecule has 1 aliphatic carbocycles. The summed E-state index contributed by atoms with van der Waals surface area (Å²) in [5.74, 6) is 0.918. The molecule has 0 aromatic rings. The quantitative estimate of drug-likeness (QED) is 0.456. The van der Waals surface area contributed by atoms with E-state index in [4.69, 9.17) is 0 Å². The molecule has 0 saturated heterocycles. The Morgan fingerprint density at radius 3 is 2.67 bits per heavy atom. The van der Waals surface area contributed by atoms with Crippen LogP contribution in [0.15, 0.2) is 10.9 Å². The molecule has 1 heteroatoms. The summed E-state index contributed by atoms with van der Waals surface area (Å²) >= 11 is 0. The van der Waals surface area contributed by atoms with E-state index < -0.39 is 0 Å². The van der Waals surface area contributed by atoms with Crippen LogP contribution in [-0.4, -0.2) is 0 Å². The molecule has 9 heavy (non-hydrogen) atoms. The molecule has 0 aromatic carbocycles. The smallest absolute Gasteiger partial charge is 0.0254 e. The number of rotatable bonds is 0. The van der Waals surface area contributed by atoms with Crippen molar-refractivity contribution in [3.8, 4) is 0 Å². The average Bonchev–Trinajstić information content (AvgIpc) is 1.80. The van der Waals surface area contributed by atoms with Crippen molar-refractivity contribution < 1.29 is 0 Å². The lowest BCUT2D eigenvalue weighted by Gasteiger charge is -2.19. The Morgan fingerprint density at radius 1 is 1.56 bits per heavy atom. The highest BCUT2D eigenvalue weighted by atomic mass is 31.0. The van der Waals surface area contributed by atoms with E-state index in [0.717, 1.165) is 5.92 Å². The maximum absolute atomic E-state index is 2.85. The van der Waals surface area contributed by atoms with Crippen LogP contribution in [-0.2, 0) is 0 Å². The van der Waals surface area contributed by atoms with Gasteiger partial charge >= 0.3 is 0 Å². The van der Waals surface area contributed by atoms with Gasteiger partial charge in [-0.15, -0.1) is 9.24 Å². The maximum atomic E-state index is 2.85. The first kappa shape index (κ1) is 7.28. The highest BCUT2D eigenvalue weighted by molar-refractivity contribution is 7.22. The third kappa shape index (κ3) is 1.79. The third-order valence-electron chi connectivity index (χ3n) is 2.13. The van der Waals surface area contributed by atoms with Gasteiger partial charge in [0.25, 0.3) is 0 Å². The topological polar surface area (TPSA) is 0 Å². The minimum Gasteiger partial charge on any atom is -0.110 e. The molecule has 1 rings (SSSR count). The lowest BCUT2D eigenvalue weighted by Crippen LogP contribution is -2.02. The van der Waals surface area contributed by atoms with Gasteiger partial charge in [0.05, 0.1) is 0 Å². The molecule has 0 aromatic heterocycles. The zero-order chi connectivity index (χ0) is 6.85. The van der Waals surface area contributed by atoms with Gasteiger partial charge in [0.15, 0.2) is 0 Å². The third-order valence-corrected chi connectivity index (χ3v) is 2.86. The molecule has 2 atom stereocenters. The Kier molecular flexibility index (Phi) is 2.29. The summed E-state index contributed by atoms with van der Waals surface area (Å²) < 4.78 is 0. The van der Waals surface area contributed by atoms with Crippen molar-refractivity contribution >= 4 is 9.24 Å². The first-order valence-electron chi connectivity index (χ1n) is 3.64. The minimum atomic E-state index is 0.918. The van der Waals surface area contributed by atoms with E-state index in [9.17, 15) is 0 Å². The molecule has 0 N–H and O–H groups in total. The zero-order valence-electron chi connectivity index (χ0n) is 6.28. The number of hydrogen-bond donors (Lipinski definition) is 0. The van der Waals surface area contributed by atoms with Gasteiger partial charge in [-0.25, -0.2) is 0 Å². The van der Waals surface area contributed by atoms with Crippen molar-refractivity contribution in [2.75, 3.05) is 0 Å². The SMILES string of the molecule is CC1=C(P)CC(C)CC1. The first-order chi connectivity index (χ1) is 4.20. The van der Waals surface area contributed by atoms with Crippen molar-refractivity contribution in [3.05, 3.63) is 10.9 Å². The monoisotopic (exact) mass is 142 g/mol. The average molecular weight is 142 g/mol. The molecule has 2 unspecified atom stereocenters. The van der Waals surface area contributed by atoms with Crippen LogP contribution in [0.5, 0.6) is 0 Å². The summed E-state index contributed by atoms with van der Waals surface area (Å²) in [5.41, 5.74) is 1.60. The molecule has 0 fully saturated rings. The molecule has 0 radical (unpaired) electrons.